The first-order valence-corrected chi connectivity index (χ1v) is 4.01. The Hall–Kier alpha value is -1.30. The van der Waals surface area contributed by atoms with Crippen molar-refractivity contribution in [2.45, 2.75) is 19.9 Å². The molecular formula is C7H17N5O. The number of nitrogens with two attached hydrogens (primary N) is 3. The minimum Gasteiger partial charge on any atom is -0.394 e. The van der Waals surface area contributed by atoms with Gasteiger partial charge in [0.05, 0.1) is 12.6 Å². The number of aliphatic hydroxyl groups is 1. The molecular weight excluding hydrogens is 170 g/mol. The van der Waals surface area contributed by atoms with Gasteiger partial charge in [-0.1, -0.05) is 13.8 Å². The molecule has 0 aromatic carbocycles. The fraction of sp³-hybridized carbons (Fsp3) is 0.714. The van der Waals surface area contributed by atoms with E-state index in [1.807, 2.05) is 13.8 Å². The first kappa shape index (κ1) is 11.7. The molecule has 0 aromatic heterocycles. The Morgan fingerprint density at radius 1 is 1.31 bits per heavy atom. The van der Waals surface area contributed by atoms with Crippen LogP contribution in [0.2, 0.25) is 0 Å². The average Bonchev–Trinajstić information content (AvgIpc) is 1.98. The maximum absolute atomic E-state index is 8.91. The van der Waals surface area contributed by atoms with Crippen molar-refractivity contribution in [1.82, 2.24) is 0 Å². The van der Waals surface area contributed by atoms with E-state index in [4.69, 9.17) is 22.3 Å². The fourth-order valence-electron chi connectivity index (χ4n) is 0.732. The van der Waals surface area contributed by atoms with Gasteiger partial charge in [0.2, 0.25) is 5.96 Å². The predicted molar refractivity (Wildman–Crippen MR) is 53.1 cm³/mol. The quantitative estimate of drug-likeness (QED) is 0.320. The van der Waals surface area contributed by atoms with Gasteiger partial charge in [-0.2, -0.15) is 4.99 Å². The molecule has 1 atom stereocenters. The first-order chi connectivity index (χ1) is 5.97. The van der Waals surface area contributed by atoms with Crippen molar-refractivity contribution < 1.29 is 5.11 Å². The molecule has 0 aliphatic rings. The van der Waals surface area contributed by atoms with E-state index in [2.05, 4.69) is 9.98 Å². The number of aliphatic hydroxyl groups excluding tert-OH is 1. The highest BCUT2D eigenvalue weighted by atomic mass is 16.3. The van der Waals surface area contributed by atoms with Gasteiger partial charge >= 0.3 is 0 Å². The lowest BCUT2D eigenvalue weighted by Gasteiger charge is -2.12. The van der Waals surface area contributed by atoms with Crippen molar-refractivity contribution in [3.8, 4) is 0 Å². The Morgan fingerprint density at radius 2 is 1.85 bits per heavy atom. The summed E-state index contributed by atoms with van der Waals surface area (Å²) in [4.78, 5) is 7.47. The van der Waals surface area contributed by atoms with Crippen molar-refractivity contribution in [2.24, 2.45) is 33.1 Å². The van der Waals surface area contributed by atoms with E-state index in [9.17, 15) is 0 Å². The molecule has 0 fully saturated rings. The van der Waals surface area contributed by atoms with Crippen LogP contribution in [0.15, 0.2) is 9.98 Å². The van der Waals surface area contributed by atoms with Gasteiger partial charge in [0.15, 0.2) is 5.96 Å². The molecule has 13 heavy (non-hydrogen) atoms. The highest BCUT2D eigenvalue weighted by Gasteiger charge is 2.10. The van der Waals surface area contributed by atoms with Crippen LogP contribution < -0.4 is 17.2 Å². The summed E-state index contributed by atoms with van der Waals surface area (Å²) < 4.78 is 0. The predicted octanol–water partition coefficient (Wildman–Crippen LogP) is -1.41. The number of rotatable bonds is 3. The monoisotopic (exact) mass is 187 g/mol. The molecule has 0 saturated heterocycles. The van der Waals surface area contributed by atoms with Crippen molar-refractivity contribution in [2.75, 3.05) is 6.61 Å². The summed E-state index contributed by atoms with van der Waals surface area (Å²) >= 11 is 0. The normalized spacial score (nSPS) is 14.3. The first-order valence-electron chi connectivity index (χ1n) is 4.01. The van der Waals surface area contributed by atoms with Crippen molar-refractivity contribution >= 4 is 11.9 Å². The van der Waals surface area contributed by atoms with E-state index in [0.29, 0.717) is 0 Å². The van der Waals surface area contributed by atoms with E-state index in [1.165, 1.54) is 0 Å². The maximum atomic E-state index is 8.91. The van der Waals surface area contributed by atoms with E-state index in [0.717, 1.165) is 0 Å². The Kier molecular flexibility index (Phi) is 4.83. The SMILES string of the molecule is CC(C)[C@@H](CO)N=C(N)N=C(N)N. The van der Waals surface area contributed by atoms with E-state index in [-0.39, 0.29) is 30.5 Å². The summed E-state index contributed by atoms with van der Waals surface area (Å²) in [5, 5.41) is 8.91. The molecule has 0 rings (SSSR count). The Labute approximate surface area is 77.5 Å². The summed E-state index contributed by atoms with van der Waals surface area (Å²) in [6.07, 6.45) is 0. The second kappa shape index (κ2) is 5.36. The van der Waals surface area contributed by atoms with Crippen LogP contribution in [-0.2, 0) is 0 Å². The zero-order valence-electron chi connectivity index (χ0n) is 7.94. The third kappa shape index (κ3) is 5.02. The molecule has 0 heterocycles. The maximum Gasteiger partial charge on any atom is 0.218 e. The lowest BCUT2D eigenvalue weighted by Crippen LogP contribution is -2.28. The van der Waals surface area contributed by atoms with E-state index in [1.54, 1.807) is 0 Å². The molecule has 0 radical (unpaired) electrons. The van der Waals surface area contributed by atoms with E-state index < -0.39 is 0 Å². The summed E-state index contributed by atoms with van der Waals surface area (Å²) in [5.41, 5.74) is 15.6. The van der Waals surface area contributed by atoms with E-state index >= 15 is 0 Å². The zero-order valence-corrected chi connectivity index (χ0v) is 7.94. The zero-order chi connectivity index (χ0) is 10.4. The van der Waals surface area contributed by atoms with Crippen LogP contribution in [0.25, 0.3) is 0 Å². The number of nitrogens with zero attached hydrogens (tertiary/aromatic N) is 2. The van der Waals surface area contributed by atoms with Crippen molar-refractivity contribution in [1.29, 1.82) is 0 Å². The molecule has 0 aliphatic heterocycles. The van der Waals surface area contributed by atoms with Crippen LogP contribution >= 0.6 is 0 Å². The Morgan fingerprint density at radius 3 is 2.15 bits per heavy atom. The van der Waals surface area contributed by atoms with Gasteiger partial charge in [0, 0.05) is 0 Å². The van der Waals surface area contributed by atoms with Gasteiger partial charge in [-0.15, -0.1) is 0 Å². The lowest BCUT2D eigenvalue weighted by atomic mass is 10.1. The molecule has 6 heteroatoms. The molecule has 0 bridgehead atoms. The molecule has 6 nitrogen and oxygen atoms in total. The number of hydrogen-bond donors (Lipinski definition) is 4. The molecule has 0 saturated carbocycles. The van der Waals surface area contributed by atoms with Crippen molar-refractivity contribution in [3.63, 3.8) is 0 Å². The molecule has 0 unspecified atom stereocenters. The van der Waals surface area contributed by atoms with Gasteiger partial charge in [-0.3, -0.25) is 0 Å². The Bertz CT molecular complexity index is 207. The highest BCUT2D eigenvalue weighted by molar-refractivity contribution is 5.92. The van der Waals surface area contributed by atoms with Crippen LogP contribution in [-0.4, -0.2) is 29.7 Å². The van der Waals surface area contributed by atoms with Gasteiger partial charge < -0.3 is 22.3 Å². The van der Waals surface area contributed by atoms with Crippen molar-refractivity contribution in [3.05, 3.63) is 0 Å². The minimum atomic E-state index is -0.261. The second-order valence-corrected chi connectivity index (χ2v) is 3.02. The number of hydrogen-bond acceptors (Lipinski definition) is 2. The Balaban J connectivity index is 4.42. The standard InChI is InChI=1S/C7H17N5O/c1-4(2)5(3-13)11-7(10)12-6(8)9/h4-5,13H,3H2,1-2H3,(H6,8,9,10,11,12)/t5-/m1/s1. The van der Waals surface area contributed by atoms with Gasteiger partial charge in [0.1, 0.15) is 0 Å². The van der Waals surface area contributed by atoms with Crippen LogP contribution in [0.3, 0.4) is 0 Å². The van der Waals surface area contributed by atoms with Crippen LogP contribution in [0, 0.1) is 5.92 Å². The van der Waals surface area contributed by atoms with Crippen LogP contribution in [0.1, 0.15) is 13.8 Å². The molecule has 76 valence electrons. The largest absolute Gasteiger partial charge is 0.394 e. The second-order valence-electron chi connectivity index (χ2n) is 3.02. The molecule has 7 N–H and O–H groups in total. The summed E-state index contributed by atoms with van der Waals surface area (Å²) in [7, 11) is 0. The smallest absolute Gasteiger partial charge is 0.218 e. The van der Waals surface area contributed by atoms with Gasteiger partial charge in [0.25, 0.3) is 0 Å². The van der Waals surface area contributed by atoms with Crippen LogP contribution in [0.4, 0.5) is 0 Å². The summed E-state index contributed by atoms with van der Waals surface area (Å²) in [6.45, 7) is 3.78. The summed E-state index contributed by atoms with van der Waals surface area (Å²) in [6, 6.07) is -0.261. The molecule has 0 amide bonds. The average molecular weight is 187 g/mol. The third-order valence-electron chi connectivity index (χ3n) is 1.50. The molecule has 0 aliphatic carbocycles. The van der Waals surface area contributed by atoms with Crippen LogP contribution in [0.5, 0.6) is 0 Å². The van der Waals surface area contributed by atoms with Gasteiger partial charge in [-0.05, 0) is 5.92 Å². The minimum absolute atomic E-state index is 0.00671. The highest BCUT2D eigenvalue weighted by Crippen LogP contribution is 2.04. The number of guanidine groups is 2. The third-order valence-corrected chi connectivity index (χ3v) is 1.50. The number of aliphatic imine (C=N–C) groups is 2. The topological polar surface area (TPSA) is 123 Å². The molecule has 0 spiro atoms. The fourth-order valence-corrected chi connectivity index (χ4v) is 0.732. The van der Waals surface area contributed by atoms with Gasteiger partial charge in [-0.25, -0.2) is 4.99 Å². The summed E-state index contributed by atoms with van der Waals surface area (Å²) in [5.74, 6) is 0.0483. The molecule has 0 aromatic rings. The lowest BCUT2D eigenvalue weighted by molar-refractivity contribution is 0.240.